The van der Waals surface area contributed by atoms with Crippen molar-refractivity contribution in [1.82, 2.24) is 0 Å². The maximum atomic E-state index is 12.1. The predicted octanol–water partition coefficient (Wildman–Crippen LogP) is 2.11. The van der Waals surface area contributed by atoms with Gasteiger partial charge in [0.05, 0.1) is 37.5 Å². The zero-order chi connectivity index (χ0) is 18.9. The Morgan fingerprint density at radius 2 is 2.08 bits per heavy atom. The normalized spacial score (nSPS) is 25.3. The summed E-state index contributed by atoms with van der Waals surface area (Å²) in [6.45, 7) is 1.92. The molecule has 1 aromatic rings. The van der Waals surface area contributed by atoms with Crippen LogP contribution in [0.25, 0.3) is 0 Å². The standard InChI is InChI=1S/C17H22N2O5S2/c1-4-5-16(20)18-17-19(13-9-26(21,22)10-15(13)25-17)12-8-11(23-2)6-7-14(12)24-3/h6-8,13,15H,4-5,9-10H2,1-3H3. The first kappa shape index (κ1) is 19.0. The molecule has 0 spiro atoms. The molecule has 2 atom stereocenters. The number of nitrogens with zero attached hydrogens (tertiary/aromatic N) is 2. The highest BCUT2D eigenvalue weighted by Crippen LogP contribution is 2.44. The second kappa shape index (κ2) is 7.48. The number of amides is 1. The van der Waals surface area contributed by atoms with E-state index >= 15 is 0 Å². The average Bonchev–Trinajstić information content (AvgIpc) is 3.05. The maximum absolute atomic E-state index is 12.1. The molecule has 0 saturated carbocycles. The van der Waals surface area contributed by atoms with Crippen molar-refractivity contribution >= 4 is 38.4 Å². The van der Waals surface area contributed by atoms with Crippen LogP contribution in [0.15, 0.2) is 23.2 Å². The van der Waals surface area contributed by atoms with E-state index in [4.69, 9.17) is 9.47 Å². The summed E-state index contributed by atoms with van der Waals surface area (Å²) in [7, 11) is -0.00383. The Labute approximate surface area is 157 Å². The van der Waals surface area contributed by atoms with Crippen LogP contribution in [0.3, 0.4) is 0 Å². The van der Waals surface area contributed by atoms with Gasteiger partial charge < -0.3 is 14.4 Å². The van der Waals surface area contributed by atoms with Crippen LogP contribution in [-0.4, -0.2) is 56.5 Å². The number of fused-ring (bicyclic) bond motifs is 1. The van der Waals surface area contributed by atoms with Gasteiger partial charge in [0.2, 0.25) is 5.91 Å². The van der Waals surface area contributed by atoms with Crippen molar-refractivity contribution in [2.24, 2.45) is 4.99 Å². The Morgan fingerprint density at radius 3 is 2.73 bits per heavy atom. The molecule has 2 unspecified atom stereocenters. The average molecular weight is 399 g/mol. The zero-order valence-electron chi connectivity index (χ0n) is 15.0. The van der Waals surface area contributed by atoms with Crippen LogP contribution in [0.1, 0.15) is 19.8 Å². The van der Waals surface area contributed by atoms with E-state index in [-0.39, 0.29) is 28.7 Å². The predicted molar refractivity (Wildman–Crippen MR) is 103 cm³/mol. The van der Waals surface area contributed by atoms with E-state index in [0.717, 1.165) is 0 Å². The molecule has 142 valence electrons. The number of sulfone groups is 1. The summed E-state index contributed by atoms with van der Waals surface area (Å²) in [5.41, 5.74) is 0.659. The van der Waals surface area contributed by atoms with Gasteiger partial charge in [0, 0.05) is 17.7 Å². The fourth-order valence-electron chi connectivity index (χ4n) is 3.21. The number of hydrogen-bond acceptors (Lipinski definition) is 6. The summed E-state index contributed by atoms with van der Waals surface area (Å²) in [5, 5.41) is 0.379. The summed E-state index contributed by atoms with van der Waals surface area (Å²) in [6, 6.07) is 5.04. The number of rotatable bonds is 5. The molecule has 2 aliphatic heterocycles. The second-order valence-electron chi connectivity index (χ2n) is 6.25. The van der Waals surface area contributed by atoms with Gasteiger partial charge in [-0.1, -0.05) is 18.7 Å². The van der Waals surface area contributed by atoms with E-state index in [1.54, 1.807) is 32.4 Å². The van der Waals surface area contributed by atoms with E-state index in [1.165, 1.54) is 11.8 Å². The van der Waals surface area contributed by atoms with Crippen LogP contribution in [0.5, 0.6) is 11.5 Å². The quantitative estimate of drug-likeness (QED) is 0.751. The molecule has 26 heavy (non-hydrogen) atoms. The van der Waals surface area contributed by atoms with Crippen LogP contribution < -0.4 is 14.4 Å². The van der Waals surface area contributed by atoms with Crippen LogP contribution in [0.2, 0.25) is 0 Å². The highest BCUT2D eigenvalue weighted by molar-refractivity contribution is 8.16. The summed E-state index contributed by atoms with van der Waals surface area (Å²) in [4.78, 5) is 18.2. The first-order chi connectivity index (χ1) is 12.4. The Kier molecular flexibility index (Phi) is 5.47. The van der Waals surface area contributed by atoms with Crippen molar-refractivity contribution in [3.63, 3.8) is 0 Å². The number of aliphatic imine (C=N–C) groups is 1. The van der Waals surface area contributed by atoms with Gasteiger partial charge in [0.25, 0.3) is 0 Å². The lowest BCUT2D eigenvalue weighted by Gasteiger charge is -2.26. The van der Waals surface area contributed by atoms with E-state index in [9.17, 15) is 13.2 Å². The van der Waals surface area contributed by atoms with Crippen molar-refractivity contribution < 1.29 is 22.7 Å². The first-order valence-electron chi connectivity index (χ1n) is 8.38. The first-order valence-corrected chi connectivity index (χ1v) is 11.1. The number of anilines is 1. The molecule has 1 aromatic carbocycles. The number of methoxy groups -OCH3 is 2. The molecule has 3 rings (SSSR count). The molecule has 7 nitrogen and oxygen atoms in total. The van der Waals surface area contributed by atoms with E-state index < -0.39 is 9.84 Å². The van der Waals surface area contributed by atoms with Gasteiger partial charge in [-0.15, -0.1) is 0 Å². The molecule has 0 radical (unpaired) electrons. The molecule has 0 bridgehead atoms. The minimum absolute atomic E-state index is 0.0337. The third-order valence-corrected chi connectivity index (χ3v) is 7.61. The van der Waals surface area contributed by atoms with Crippen LogP contribution >= 0.6 is 11.8 Å². The summed E-state index contributed by atoms with van der Waals surface area (Å²) in [6.07, 6.45) is 1.07. The molecular weight excluding hydrogens is 376 g/mol. The number of ether oxygens (including phenoxy) is 2. The summed E-state index contributed by atoms with van der Waals surface area (Å²) in [5.74, 6) is 1.11. The number of carbonyl (C=O) groups is 1. The van der Waals surface area contributed by atoms with Crippen molar-refractivity contribution in [1.29, 1.82) is 0 Å². The fraction of sp³-hybridized carbons (Fsp3) is 0.529. The van der Waals surface area contributed by atoms with E-state index in [1.807, 2.05) is 11.8 Å². The lowest BCUT2D eigenvalue weighted by molar-refractivity contribution is -0.117. The Bertz CT molecular complexity index is 838. The van der Waals surface area contributed by atoms with Crippen molar-refractivity contribution in [2.75, 3.05) is 30.6 Å². The van der Waals surface area contributed by atoms with Gasteiger partial charge in [-0.05, 0) is 18.6 Å². The van der Waals surface area contributed by atoms with Gasteiger partial charge in [0.15, 0.2) is 15.0 Å². The number of hydrogen-bond donors (Lipinski definition) is 0. The van der Waals surface area contributed by atoms with Gasteiger partial charge in [0.1, 0.15) is 11.5 Å². The minimum atomic E-state index is -3.12. The monoisotopic (exact) mass is 398 g/mol. The molecule has 9 heteroatoms. The summed E-state index contributed by atoms with van der Waals surface area (Å²) < 4.78 is 35.0. The molecule has 0 aromatic heterocycles. The number of thioether (sulfide) groups is 1. The molecule has 0 aliphatic carbocycles. The van der Waals surface area contributed by atoms with Crippen molar-refractivity contribution in [3.8, 4) is 11.5 Å². The van der Waals surface area contributed by atoms with E-state index in [0.29, 0.717) is 35.2 Å². The lowest BCUT2D eigenvalue weighted by Crippen LogP contribution is -2.38. The Morgan fingerprint density at radius 1 is 1.31 bits per heavy atom. The summed E-state index contributed by atoms with van der Waals surface area (Å²) >= 11 is 1.35. The molecule has 1 amide bonds. The Balaban J connectivity index is 2.08. The molecule has 2 fully saturated rings. The highest BCUT2D eigenvalue weighted by Gasteiger charge is 2.50. The lowest BCUT2D eigenvalue weighted by atomic mass is 10.2. The topological polar surface area (TPSA) is 85.3 Å². The largest absolute Gasteiger partial charge is 0.497 e. The molecular formula is C17H22N2O5S2. The second-order valence-corrected chi connectivity index (χ2v) is 9.61. The van der Waals surface area contributed by atoms with Gasteiger partial charge in [-0.3, -0.25) is 4.79 Å². The third-order valence-electron chi connectivity index (χ3n) is 4.40. The van der Waals surface area contributed by atoms with Crippen molar-refractivity contribution in [3.05, 3.63) is 18.2 Å². The van der Waals surface area contributed by atoms with Gasteiger partial charge in [-0.25, -0.2) is 8.42 Å². The van der Waals surface area contributed by atoms with Crippen LogP contribution in [0.4, 0.5) is 5.69 Å². The smallest absolute Gasteiger partial charge is 0.248 e. The number of benzene rings is 1. The highest BCUT2D eigenvalue weighted by atomic mass is 32.2. The van der Waals surface area contributed by atoms with Crippen molar-refractivity contribution in [2.45, 2.75) is 31.1 Å². The Hall–Kier alpha value is -1.74. The number of carbonyl (C=O) groups excluding carboxylic acids is 1. The zero-order valence-corrected chi connectivity index (χ0v) is 16.6. The van der Waals surface area contributed by atoms with Gasteiger partial charge in [-0.2, -0.15) is 4.99 Å². The molecule has 0 N–H and O–H groups in total. The fourth-order valence-corrected chi connectivity index (χ4v) is 7.13. The van der Waals surface area contributed by atoms with Crippen LogP contribution in [0, 0.1) is 0 Å². The van der Waals surface area contributed by atoms with Crippen LogP contribution in [-0.2, 0) is 14.6 Å². The molecule has 2 heterocycles. The minimum Gasteiger partial charge on any atom is -0.497 e. The third kappa shape index (κ3) is 3.68. The van der Waals surface area contributed by atoms with Gasteiger partial charge >= 0.3 is 0 Å². The SMILES string of the molecule is CCCC(=O)N=C1SC2CS(=O)(=O)CC2N1c1cc(OC)ccc1OC. The van der Waals surface area contributed by atoms with E-state index in [2.05, 4.69) is 4.99 Å². The number of amidine groups is 1. The molecule has 2 aliphatic rings. The molecule has 2 saturated heterocycles. The maximum Gasteiger partial charge on any atom is 0.248 e.